The molecule has 0 unspecified atom stereocenters. The molecule has 0 radical (unpaired) electrons. The summed E-state index contributed by atoms with van der Waals surface area (Å²) in [5.74, 6) is 0.785. The molecule has 2 rings (SSSR count). The summed E-state index contributed by atoms with van der Waals surface area (Å²) < 4.78 is 27.7. The predicted octanol–water partition coefficient (Wildman–Crippen LogP) is 0.214. The van der Waals surface area contributed by atoms with E-state index in [1.54, 1.807) is 13.1 Å². The summed E-state index contributed by atoms with van der Waals surface area (Å²) in [5.41, 5.74) is 0. The van der Waals surface area contributed by atoms with E-state index in [1.807, 2.05) is 11.5 Å². The minimum absolute atomic E-state index is 0.0370. The molecule has 102 valence electrons. The highest BCUT2D eigenvalue weighted by Crippen LogP contribution is 2.24. The molecule has 2 heterocycles. The van der Waals surface area contributed by atoms with Crippen molar-refractivity contribution in [2.24, 2.45) is 5.92 Å². The second kappa shape index (κ2) is 4.99. The molecule has 1 aliphatic heterocycles. The van der Waals surface area contributed by atoms with E-state index in [9.17, 15) is 8.42 Å². The predicted molar refractivity (Wildman–Crippen MR) is 66.6 cm³/mol. The van der Waals surface area contributed by atoms with Crippen molar-refractivity contribution in [1.29, 1.82) is 0 Å². The maximum atomic E-state index is 12.2. The van der Waals surface area contributed by atoms with E-state index < -0.39 is 10.0 Å². The first kappa shape index (κ1) is 13.5. The third kappa shape index (κ3) is 2.30. The van der Waals surface area contributed by atoms with Crippen LogP contribution in [0.3, 0.4) is 0 Å². The van der Waals surface area contributed by atoms with Gasteiger partial charge < -0.3 is 9.67 Å². The number of rotatable bonds is 5. The van der Waals surface area contributed by atoms with E-state index in [-0.39, 0.29) is 17.6 Å². The van der Waals surface area contributed by atoms with E-state index in [1.165, 1.54) is 4.31 Å². The SMILES string of the molecule is CCCn1cc(S(=O)(=O)N2CC(CO)C2)nc1C. The molecule has 1 aromatic heterocycles. The lowest BCUT2D eigenvalue weighted by molar-refractivity contribution is 0.117. The first-order valence-corrected chi connectivity index (χ1v) is 7.57. The third-order valence-corrected chi connectivity index (χ3v) is 4.91. The molecule has 1 aromatic rings. The number of hydrogen-bond acceptors (Lipinski definition) is 4. The third-order valence-electron chi connectivity index (χ3n) is 3.20. The van der Waals surface area contributed by atoms with E-state index in [2.05, 4.69) is 4.98 Å². The van der Waals surface area contributed by atoms with Crippen molar-refractivity contribution in [2.75, 3.05) is 19.7 Å². The molecule has 18 heavy (non-hydrogen) atoms. The van der Waals surface area contributed by atoms with Gasteiger partial charge in [-0.25, -0.2) is 13.4 Å². The van der Waals surface area contributed by atoms with Gasteiger partial charge >= 0.3 is 0 Å². The largest absolute Gasteiger partial charge is 0.396 e. The van der Waals surface area contributed by atoms with Crippen molar-refractivity contribution in [1.82, 2.24) is 13.9 Å². The number of imidazole rings is 1. The highest BCUT2D eigenvalue weighted by molar-refractivity contribution is 7.89. The number of aryl methyl sites for hydroxylation is 2. The van der Waals surface area contributed by atoms with E-state index in [0.29, 0.717) is 13.1 Å². The molecule has 0 atom stereocenters. The Balaban J connectivity index is 2.18. The van der Waals surface area contributed by atoms with Crippen LogP contribution in [0, 0.1) is 12.8 Å². The first-order chi connectivity index (χ1) is 8.48. The van der Waals surface area contributed by atoms with Crippen LogP contribution in [-0.4, -0.2) is 47.1 Å². The Bertz CT molecular complexity index is 518. The van der Waals surface area contributed by atoms with Crippen LogP contribution in [0.1, 0.15) is 19.2 Å². The van der Waals surface area contributed by atoms with Gasteiger partial charge in [0, 0.05) is 38.4 Å². The lowest BCUT2D eigenvalue weighted by Gasteiger charge is -2.36. The van der Waals surface area contributed by atoms with Crippen LogP contribution in [0.25, 0.3) is 0 Å². The smallest absolute Gasteiger partial charge is 0.262 e. The van der Waals surface area contributed by atoms with Gasteiger partial charge in [-0.2, -0.15) is 4.31 Å². The number of aliphatic hydroxyl groups is 1. The second-order valence-electron chi connectivity index (χ2n) is 4.69. The number of aliphatic hydroxyl groups excluding tert-OH is 1. The molecule has 1 aliphatic rings. The van der Waals surface area contributed by atoms with Gasteiger partial charge in [-0.15, -0.1) is 0 Å². The molecule has 0 saturated carbocycles. The summed E-state index contributed by atoms with van der Waals surface area (Å²) in [7, 11) is -3.47. The molecular formula is C11H19N3O3S. The summed E-state index contributed by atoms with van der Waals surface area (Å²) in [6, 6.07) is 0. The summed E-state index contributed by atoms with van der Waals surface area (Å²) >= 11 is 0. The van der Waals surface area contributed by atoms with Crippen molar-refractivity contribution in [3.05, 3.63) is 12.0 Å². The van der Waals surface area contributed by atoms with Crippen LogP contribution in [0.15, 0.2) is 11.2 Å². The lowest BCUT2D eigenvalue weighted by Crippen LogP contribution is -2.51. The van der Waals surface area contributed by atoms with Gasteiger partial charge in [-0.3, -0.25) is 0 Å². The molecule has 0 aromatic carbocycles. The Kier molecular flexibility index (Phi) is 3.74. The van der Waals surface area contributed by atoms with Crippen LogP contribution in [0.2, 0.25) is 0 Å². The molecule has 1 saturated heterocycles. The Labute approximate surface area is 107 Å². The molecule has 0 bridgehead atoms. The minimum atomic E-state index is -3.47. The van der Waals surface area contributed by atoms with Crippen LogP contribution in [0.4, 0.5) is 0 Å². The summed E-state index contributed by atoms with van der Waals surface area (Å²) in [6.07, 6.45) is 2.54. The molecule has 0 aliphatic carbocycles. The fourth-order valence-electron chi connectivity index (χ4n) is 2.04. The molecule has 1 N–H and O–H groups in total. The van der Waals surface area contributed by atoms with Crippen molar-refractivity contribution < 1.29 is 13.5 Å². The average Bonchev–Trinajstić information content (AvgIpc) is 2.60. The standard InChI is InChI=1S/C11H19N3O3S/c1-3-4-13-7-11(12-9(13)2)18(16,17)14-5-10(6-14)8-15/h7,10,15H,3-6,8H2,1-2H3. The number of aromatic nitrogens is 2. The fraction of sp³-hybridized carbons (Fsp3) is 0.727. The monoisotopic (exact) mass is 273 g/mol. The average molecular weight is 273 g/mol. The maximum absolute atomic E-state index is 12.2. The Hall–Kier alpha value is -0.920. The fourth-order valence-corrected chi connectivity index (χ4v) is 3.62. The van der Waals surface area contributed by atoms with Crippen molar-refractivity contribution in [2.45, 2.75) is 31.8 Å². The van der Waals surface area contributed by atoms with Crippen LogP contribution < -0.4 is 0 Å². The van der Waals surface area contributed by atoms with Gasteiger partial charge in [0.25, 0.3) is 10.0 Å². The summed E-state index contributed by atoms with van der Waals surface area (Å²) in [6.45, 7) is 5.43. The number of sulfonamides is 1. The minimum Gasteiger partial charge on any atom is -0.396 e. The van der Waals surface area contributed by atoms with E-state index in [4.69, 9.17) is 5.11 Å². The van der Waals surface area contributed by atoms with Crippen LogP contribution in [0.5, 0.6) is 0 Å². The Morgan fingerprint density at radius 1 is 1.50 bits per heavy atom. The zero-order chi connectivity index (χ0) is 13.3. The molecule has 0 spiro atoms. The quantitative estimate of drug-likeness (QED) is 0.832. The van der Waals surface area contributed by atoms with Crippen molar-refractivity contribution >= 4 is 10.0 Å². The van der Waals surface area contributed by atoms with Gasteiger partial charge in [0.15, 0.2) is 5.03 Å². The topological polar surface area (TPSA) is 75.4 Å². The first-order valence-electron chi connectivity index (χ1n) is 6.13. The lowest BCUT2D eigenvalue weighted by atomic mass is 10.1. The van der Waals surface area contributed by atoms with Crippen LogP contribution >= 0.6 is 0 Å². The van der Waals surface area contributed by atoms with Crippen LogP contribution in [-0.2, 0) is 16.6 Å². The Morgan fingerprint density at radius 2 is 2.17 bits per heavy atom. The van der Waals surface area contributed by atoms with Gasteiger partial charge in [0.1, 0.15) is 5.82 Å². The van der Waals surface area contributed by atoms with Gasteiger partial charge in [0.05, 0.1) is 0 Å². The number of hydrogen-bond donors (Lipinski definition) is 1. The summed E-state index contributed by atoms with van der Waals surface area (Å²) in [5, 5.41) is 9.03. The second-order valence-corrected chi connectivity index (χ2v) is 6.58. The molecule has 0 amide bonds. The van der Waals surface area contributed by atoms with Crippen molar-refractivity contribution in [3.8, 4) is 0 Å². The normalized spacial score (nSPS) is 17.9. The number of nitrogens with zero attached hydrogens (tertiary/aromatic N) is 3. The van der Waals surface area contributed by atoms with Gasteiger partial charge in [-0.05, 0) is 13.3 Å². The van der Waals surface area contributed by atoms with E-state index >= 15 is 0 Å². The molecular weight excluding hydrogens is 254 g/mol. The molecule has 7 heteroatoms. The van der Waals surface area contributed by atoms with Gasteiger partial charge in [0.2, 0.25) is 0 Å². The zero-order valence-electron chi connectivity index (χ0n) is 10.7. The highest BCUT2D eigenvalue weighted by Gasteiger charge is 2.37. The van der Waals surface area contributed by atoms with Gasteiger partial charge in [-0.1, -0.05) is 6.92 Å². The molecule has 6 nitrogen and oxygen atoms in total. The molecule has 1 fully saturated rings. The zero-order valence-corrected chi connectivity index (χ0v) is 11.5. The highest BCUT2D eigenvalue weighted by atomic mass is 32.2. The van der Waals surface area contributed by atoms with E-state index in [0.717, 1.165) is 18.8 Å². The summed E-state index contributed by atoms with van der Waals surface area (Å²) in [4.78, 5) is 4.13. The maximum Gasteiger partial charge on any atom is 0.262 e. The van der Waals surface area contributed by atoms with Crippen molar-refractivity contribution in [3.63, 3.8) is 0 Å². The Morgan fingerprint density at radius 3 is 2.72 bits per heavy atom.